The Labute approximate surface area is 420 Å². The number of aromatic amines is 1. The van der Waals surface area contributed by atoms with Gasteiger partial charge in [0.2, 0.25) is 41.4 Å². The molecule has 1 fully saturated rings. The number of nitrogens with one attached hydrogen (secondary N) is 8. The van der Waals surface area contributed by atoms with Crippen molar-refractivity contribution in [1.82, 2.24) is 42.2 Å². The van der Waals surface area contributed by atoms with Crippen LogP contribution in [0.1, 0.15) is 49.8 Å². The molecule has 7 amide bonds. The summed E-state index contributed by atoms with van der Waals surface area (Å²) in [5, 5.41) is 50.5. The van der Waals surface area contributed by atoms with Crippen molar-refractivity contribution in [3.8, 4) is 0 Å². The lowest BCUT2D eigenvalue weighted by Crippen LogP contribution is -2.62. The van der Waals surface area contributed by atoms with Crippen LogP contribution in [0.25, 0.3) is 10.9 Å². The van der Waals surface area contributed by atoms with Crippen LogP contribution in [0, 0.1) is 0 Å². The van der Waals surface area contributed by atoms with Gasteiger partial charge in [0.25, 0.3) is 0 Å². The summed E-state index contributed by atoms with van der Waals surface area (Å²) in [6, 6.07) is 14.6. The molecule has 71 heavy (non-hydrogen) atoms. The zero-order valence-corrected chi connectivity index (χ0v) is 41.3. The lowest BCUT2D eigenvalue weighted by Gasteiger charge is -2.29. The Morgan fingerprint density at radius 3 is 1.96 bits per heavy atom. The zero-order chi connectivity index (χ0) is 51.5. The van der Waals surface area contributed by atoms with Crippen LogP contribution in [-0.2, 0) is 52.8 Å². The van der Waals surface area contributed by atoms with Gasteiger partial charge in [-0.1, -0.05) is 100 Å². The van der Waals surface area contributed by atoms with Crippen LogP contribution in [0.4, 0.5) is 0 Å². The molecule has 0 saturated carbocycles. The highest BCUT2D eigenvalue weighted by Crippen LogP contribution is 2.24. The molecule has 3 aromatic carbocycles. The van der Waals surface area contributed by atoms with Gasteiger partial charge in [-0.15, -0.1) is 0 Å². The number of aromatic nitrogens is 1. The molecular formula is C49H66N10O10S2. The molecule has 22 heteroatoms. The third kappa shape index (κ3) is 17.1. The van der Waals surface area contributed by atoms with Crippen molar-refractivity contribution < 1.29 is 48.9 Å². The average Bonchev–Trinajstić information content (AvgIpc) is 3.76. The molecular weight excluding hydrogens is 953 g/mol. The van der Waals surface area contributed by atoms with E-state index in [1.165, 1.54) is 13.8 Å². The third-order valence-electron chi connectivity index (χ3n) is 11.9. The molecule has 384 valence electrons. The van der Waals surface area contributed by atoms with E-state index in [0.29, 0.717) is 24.0 Å². The first kappa shape index (κ1) is 55.9. The fourth-order valence-electron chi connectivity index (χ4n) is 7.73. The minimum absolute atomic E-state index is 0.0340. The van der Waals surface area contributed by atoms with Gasteiger partial charge in [-0.05, 0) is 68.8 Å². The molecule has 10 atom stereocenters. The summed E-state index contributed by atoms with van der Waals surface area (Å²) in [7, 11) is 2.06. The first-order chi connectivity index (χ1) is 34.1. The zero-order valence-electron chi connectivity index (χ0n) is 39.7. The fraction of sp³-hybridized carbons (Fsp3) is 0.449. The Balaban J connectivity index is 1.56. The summed E-state index contributed by atoms with van der Waals surface area (Å²) < 4.78 is 0. The Morgan fingerprint density at radius 2 is 1.31 bits per heavy atom. The predicted molar refractivity (Wildman–Crippen MR) is 272 cm³/mol. The molecule has 1 saturated heterocycles. The van der Waals surface area contributed by atoms with Crippen LogP contribution >= 0.6 is 21.6 Å². The molecule has 4 aromatic rings. The Kier molecular flexibility index (Phi) is 22.2. The second-order valence-corrected chi connectivity index (χ2v) is 20.0. The minimum atomic E-state index is -1.66. The normalized spacial score (nSPS) is 22.8. The second-order valence-electron chi connectivity index (χ2n) is 17.5. The highest BCUT2D eigenvalue weighted by molar-refractivity contribution is 8.76. The molecule has 0 bridgehead atoms. The van der Waals surface area contributed by atoms with Gasteiger partial charge in [-0.2, -0.15) is 0 Å². The molecule has 1 aliphatic rings. The molecule has 2 heterocycles. The summed E-state index contributed by atoms with van der Waals surface area (Å²) in [4.78, 5) is 103. The van der Waals surface area contributed by atoms with Crippen molar-refractivity contribution in [3.05, 3.63) is 108 Å². The summed E-state index contributed by atoms with van der Waals surface area (Å²) >= 11 is 0. The fourth-order valence-corrected chi connectivity index (χ4v) is 10.1. The highest BCUT2D eigenvalue weighted by atomic mass is 33.1. The minimum Gasteiger partial charge on any atom is -0.394 e. The number of aliphatic hydroxyl groups excluding tert-OH is 3. The van der Waals surface area contributed by atoms with Crippen molar-refractivity contribution in [1.29, 1.82) is 0 Å². The van der Waals surface area contributed by atoms with Gasteiger partial charge in [0.15, 0.2) is 0 Å². The number of nitrogens with two attached hydrogens (primary N) is 2. The Bertz CT molecular complexity index is 2400. The van der Waals surface area contributed by atoms with E-state index in [9.17, 15) is 48.9 Å². The largest absolute Gasteiger partial charge is 0.394 e. The standard InChI is InChI=1S/C49H66N10O10S2/c1-28(61)39(25-60)56-48(68)41-27-71-70-26-40(57-43(63)34(51)21-30-13-5-3-6-14-30)47(67)54-37(22-31-15-7-4-8-16-31)45(65)55-38(23-32-24-52-35-18-10-9-17-33(32)35)46(66)53-36(19-11-12-20-50)44(64)59-42(29(2)62)49(69)58-41/h3-10,13-18,24,28-29,34,36-42,52,60-62H,11-12,19-23,25-27,50-51H2,1-2H3,(H,53,66)(H,54,67)(H,55,65)(H,56,68)(H,57,63)(H,58,69)(H,59,64)/t28?,29?,34?,36?,37-,38?,39+,40-,41?,42-/m0/s1. The molecule has 0 spiro atoms. The predicted octanol–water partition coefficient (Wildman–Crippen LogP) is -0.805. The van der Waals surface area contributed by atoms with Crippen molar-refractivity contribution in [2.45, 2.75) is 113 Å². The number of hydrogen-bond donors (Lipinski definition) is 13. The molecule has 6 unspecified atom stereocenters. The number of fused-ring (bicyclic) bond motifs is 1. The number of carbonyl (C=O) groups is 7. The molecule has 0 radical (unpaired) electrons. The number of aliphatic hydroxyl groups is 3. The summed E-state index contributed by atoms with van der Waals surface area (Å²) in [5.74, 6) is -6.01. The van der Waals surface area contributed by atoms with E-state index in [-0.39, 0.29) is 43.7 Å². The van der Waals surface area contributed by atoms with Crippen LogP contribution in [0.3, 0.4) is 0 Å². The van der Waals surface area contributed by atoms with E-state index in [2.05, 4.69) is 42.2 Å². The molecule has 15 N–H and O–H groups in total. The number of H-pyrrole nitrogens is 1. The van der Waals surface area contributed by atoms with Gasteiger partial charge >= 0.3 is 0 Å². The van der Waals surface area contributed by atoms with Crippen LogP contribution in [0.15, 0.2) is 91.1 Å². The van der Waals surface area contributed by atoms with Crippen LogP contribution in [-0.4, -0.2) is 147 Å². The Morgan fingerprint density at radius 1 is 0.718 bits per heavy atom. The van der Waals surface area contributed by atoms with E-state index in [1.807, 2.05) is 30.3 Å². The maximum atomic E-state index is 14.7. The van der Waals surface area contributed by atoms with Crippen LogP contribution in [0.2, 0.25) is 0 Å². The first-order valence-electron chi connectivity index (χ1n) is 23.5. The van der Waals surface area contributed by atoms with Crippen molar-refractivity contribution in [2.24, 2.45) is 11.5 Å². The monoisotopic (exact) mass is 1020 g/mol. The molecule has 20 nitrogen and oxygen atoms in total. The van der Waals surface area contributed by atoms with E-state index >= 15 is 0 Å². The number of hydrogen-bond acceptors (Lipinski definition) is 14. The summed E-state index contributed by atoms with van der Waals surface area (Å²) in [6.45, 7) is 2.23. The van der Waals surface area contributed by atoms with E-state index < -0.39 is 108 Å². The van der Waals surface area contributed by atoms with Crippen LogP contribution < -0.4 is 48.7 Å². The van der Waals surface area contributed by atoms with Crippen LogP contribution in [0.5, 0.6) is 0 Å². The van der Waals surface area contributed by atoms with Crippen molar-refractivity contribution in [3.63, 3.8) is 0 Å². The number of amides is 7. The molecule has 0 aliphatic carbocycles. The number of benzene rings is 3. The number of unbranched alkanes of at least 4 members (excludes halogenated alkanes) is 1. The maximum Gasteiger partial charge on any atom is 0.245 e. The van der Waals surface area contributed by atoms with Gasteiger partial charge < -0.3 is 69.0 Å². The second kappa shape index (κ2) is 28.1. The van der Waals surface area contributed by atoms with Gasteiger partial charge in [0.05, 0.1) is 30.9 Å². The lowest BCUT2D eigenvalue weighted by atomic mass is 10.0. The first-order valence-corrected chi connectivity index (χ1v) is 26.0. The molecule has 1 aliphatic heterocycles. The maximum absolute atomic E-state index is 14.7. The van der Waals surface area contributed by atoms with E-state index in [1.54, 1.807) is 60.8 Å². The van der Waals surface area contributed by atoms with Gasteiger partial charge in [0.1, 0.15) is 36.3 Å². The number of para-hydroxylation sites is 1. The van der Waals surface area contributed by atoms with Crippen molar-refractivity contribution >= 4 is 73.8 Å². The molecule has 5 rings (SSSR count). The molecule has 1 aromatic heterocycles. The van der Waals surface area contributed by atoms with E-state index in [4.69, 9.17) is 11.5 Å². The number of carbonyl (C=O) groups excluding carboxylic acids is 7. The van der Waals surface area contributed by atoms with Gasteiger partial charge in [-0.25, -0.2) is 0 Å². The van der Waals surface area contributed by atoms with Crippen molar-refractivity contribution in [2.75, 3.05) is 24.7 Å². The lowest BCUT2D eigenvalue weighted by molar-refractivity contribution is -0.136. The third-order valence-corrected chi connectivity index (χ3v) is 14.3. The van der Waals surface area contributed by atoms with E-state index in [0.717, 1.165) is 38.1 Å². The Hall–Kier alpha value is -6.01. The average molecular weight is 1020 g/mol. The summed E-state index contributed by atoms with van der Waals surface area (Å²) in [6.07, 6.45) is -0.156. The smallest absolute Gasteiger partial charge is 0.245 e. The SMILES string of the molecule is CC(O)[C@@H]1NC(=O)C(CCCCN)NC(=O)C(Cc2c[nH]c3ccccc23)NC(=O)[C@H](Cc2ccccc2)NC(=O)[C@@H](NC(=O)C(N)Cc2ccccc2)CSSCC(C(=O)N[C@H](CO)C(C)O)NC1=O. The van der Waals surface area contributed by atoms with Gasteiger partial charge in [-0.3, -0.25) is 33.6 Å². The van der Waals surface area contributed by atoms with Gasteiger partial charge in [0, 0.05) is 41.4 Å². The quantitative estimate of drug-likeness (QED) is 0.0455. The summed E-state index contributed by atoms with van der Waals surface area (Å²) in [5.41, 5.74) is 15.0. The topological polar surface area (TPSA) is 332 Å². The number of rotatable bonds is 17. The highest BCUT2D eigenvalue weighted by Gasteiger charge is 2.36.